The fourth-order valence-electron chi connectivity index (χ4n) is 3.23. The number of rotatable bonds is 7. The Morgan fingerprint density at radius 3 is 2.68 bits per heavy atom. The van der Waals surface area contributed by atoms with Crippen LogP contribution in [0.5, 0.6) is 5.75 Å². The Kier molecular flexibility index (Phi) is 6.70. The summed E-state index contributed by atoms with van der Waals surface area (Å²) >= 11 is 9.27. The summed E-state index contributed by atoms with van der Waals surface area (Å²) in [5.74, 6) is 0.179. The van der Waals surface area contributed by atoms with Gasteiger partial charge < -0.3 is 9.30 Å². The number of nitrogens with zero attached hydrogens (tertiary/aromatic N) is 2. The van der Waals surface area contributed by atoms with Crippen LogP contribution < -0.4 is 10.2 Å². The van der Waals surface area contributed by atoms with Crippen LogP contribution in [-0.2, 0) is 11.3 Å². The number of hydrogen-bond donors (Lipinski definition) is 1. The Balaban J connectivity index is 1.42. The van der Waals surface area contributed by atoms with Crippen molar-refractivity contribution in [1.29, 1.82) is 0 Å². The quantitative estimate of drug-likeness (QED) is 0.266. The van der Waals surface area contributed by atoms with E-state index in [4.69, 9.17) is 16.3 Å². The van der Waals surface area contributed by atoms with E-state index in [1.54, 1.807) is 24.4 Å². The number of benzene rings is 3. The Bertz CT molecular complexity index is 1240. The lowest BCUT2D eigenvalue weighted by Gasteiger charge is -2.07. The number of hydrogen-bond acceptors (Lipinski definition) is 3. The van der Waals surface area contributed by atoms with Gasteiger partial charge in [-0.3, -0.25) is 4.79 Å². The molecule has 0 atom stereocenters. The van der Waals surface area contributed by atoms with Crippen LogP contribution in [0.1, 0.15) is 11.1 Å². The summed E-state index contributed by atoms with van der Waals surface area (Å²) in [6.45, 7) is 0.596. The number of carbonyl (C=O) groups is 1. The summed E-state index contributed by atoms with van der Waals surface area (Å²) in [7, 11) is 0. The van der Waals surface area contributed by atoms with Crippen LogP contribution in [-0.4, -0.2) is 23.3 Å². The smallest absolute Gasteiger partial charge is 0.277 e. The molecule has 3 aromatic carbocycles. The molecule has 1 aromatic heterocycles. The molecule has 0 aliphatic carbocycles. The van der Waals surface area contributed by atoms with Crippen molar-refractivity contribution in [1.82, 2.24) is 9.99 Å². The molecule has 4 rings (SSSR count). The molecule has 1 heterocycles. The Morgan fingerprint density at radius 1 is 1.10 bits per heavy atom. The highest BCUT2D eigenvalue weighted by Gasteiger charge is 2.08. The SMILES string of the molecule is O=C(COc1ccc(Cl)cc1Br)NN=Cc1cn(Cc2ccccc2)c2ccccc12. The first-order valence-electron chi connectivity index (χ1n) is 9.62. The summed E-state index contributed by atoms with van der Waals surface area (Å²) in [5, 5.41) is 5.76. The first-order chi connectivity index (χ1) is 15.1. The minimum atomic E-state index is -0.355. The van der Waals surface area contributed by atoms with E-state index in [0.29, 0.717) is 15.2 Å². The van der Waals surface area contributed by atoms with Crippen molar-refractivity contribution in [3.8, 4) is 5.75 Å². The number of amides is 1. The van der Waals surface area contributed by atoms with E-state index < -0.39 is 0 Å². The van der Waals surface area contributed by atoms with E-state index in [1.165, 1.54) is 5.56 Å². The Morgan fingerprint density at radius 2 is 1.87 bits per heavy atom. The maximum Gasteiger partial charge on any atom is 0.277 e. The van der Waals surface area contributed by atoms with Gasteiger partial charge in [0.1, 0.15) is 5.75 Å². The van der Waals surface area contributed by atoms with Gasteiger partial charge in [0, 0.05) is 34.2 Å². The van der Waals surface area contributed by atoms with Crippen molar-refractivity contribution in [2.45, 2.75) is 6.54 Å². The van der Waals surface area contributed by atoms with Gasteiger partial charge in [0.2, 0.25) is 0 Å². The Labute approximate surface area is 193 Å². The summed E-state index contributed by atoms with van der Waals surface area (Å²) in [6.07, 6.45) is 3.69. The third-order valence-corrected chi connectivity index (χ3v) is 5.52. The van der Waals surface area contributed by atoms with Crippen LogP contribution in [0.2, 0.25) is 5.02 Å². The summed E-state index contributed by atoms with van der Waals surface area (Å²) in [6, 6.07) is 23.5. The van der Waals surface area contributed by atoms with Gasteiger partial charge in [0.05, 0.1) is 10.7 Å². The molecule has 156 valence electrons. The molecular weight excluding hydrogens is 478 g/mol. The second-order valence-electron chi connectivity index (χ2n) is 6.87. The van der Waals surface area contributed by atoms with Crippen molar-refractivity contribution >= 4 is 50.6 Å². The molecule has 1 N–H and O–H groups in total. The third-order valence-electron chi connectivity index (χ3n) is 4.66. The molecular formula is C24H19BrClN3O2. The standard InChI is InChI=1S/C24H19BrClN3O2/c25-21-12-19(26)10-11-23(21)31-16-24(30)28-27-13-18-15-29(14-17-6-2-1-3-7-17)22-9-5-4-8-20(18)22/h1-13,15H,14,16H2,(H,28,30). The van der Waals surface area contributed by atoms with Gasteiger partial charge in [-0.05, 0) is 45.8 Å². The largest absolute Gasteiger partial charge is 0.483 e. The van der Waals surface area contributed by atoms with Crippen LogP contribution in [0.15, 0.2) is 88.6 Å². The normalized spacial score (nSPS) is 11.2. The highest BCUT2D eigenvalue weighted by atomic mass is 79.9. The number of nitrogens with one attached hydrogen (secondary N) is 1. The van der Waals surface area contributed by atoms with Crippen molar-refractivity contribution in [2.24, 2.45) is 5.10 Å². The molecule has 0 fully saturated rings. The number of aromatic nitrogens is 1. The van der Waals surface area contributed by atoms with Crippen LogP contribution in [0.3, 0.4) is 0 Å². The average molecular weight is 497 g/mol. The molecule has 1 amide bonds. The van der Waals surface area contributed by atoms with Gasteiger partial charge >= 0.3 is 0 Å². The van der Waals surface area contributed by atoms with Gasteiger partial charge in [-0.2, -0.15) is 5.10 Å². The highest BCUT2D eigenvalue weighted by Crippen LogP contribution is 2.27. The predicted molar refractivity (Wildman–Crippen MR) is 128 cm³/mol. The maximum absolute atomic E-state index is 12.1. The van der Waals surface area contributed by atoms with Crippen LogP contribution >= 0.6 is 27.5 Å². The number of hydrazone groups is 1. The van der Waals surface area contributed by atoms with Crippen molar-refractivity contribution < 1.29 is 9.53 Å². The van der Waals surface area contributed by atoms with E-state index in [1.807, 2.05) is 42.6 Å². The summed E-state index contributed by atoms with van der Waals surface area (Å²) < 4.78 is 8.36. The molecule has 0 aliphatic heterocycles. The maximum atomic E-state index is 12.1. The fourth-order valence-corrected chi connectivity index (χ4v) is 4.03. The molecule has 0 aliphatic rings. The molecule has 31 heavy (non-hydrogen) atoms. The molecule has 5 nitrogen and oxygen atoms in total. The van der Waals surface area contributed by atoms with Crippen LogP contribution in [0.4, 0.5) is 0 Å². The zero-order chi connectivity index (χ0) is 21.6. The summed E-state index contributed by atoms with van der Waals surface area (Å²) in [4.78, 5) is 12.1. The van der Waals surface area contributed by atoms with Crippen molar-refractivity contribution in [2.75, 3.05) is 6.61 Å². The molecule has 0 saturated carbocycles. The average Bonchev–Trinajstić information content (AvgIpc) is 3.11. The van der Waals surface area contributed by atoms with Crippen LogP contribution in [0.25, 0.3) is 10.9 Å². The van der Waals surface area contributed by atoms with Gasteiger partial charge in [-0.25, -0.2) is 5.43 Å². The molecule has 7 heteroatoms. The van der Waals surface area contributed by atoms with E-state index in [9.17, 15) is 4.79 Å². The predicted octanol–water partition coefficient (Wildman–Crippen LogP) is 5.63. The zero-order valence-corrected chi connectivity index (χ0v) is 18.8. The molecule has 0 radical (unpaired) electrons. The third kappa shape index (κ3) is 5.34. The zero-order valence-electron chi connectivity index (χ0n) is 16.5. The van der Waals surface area contributed by atoms with E-state index in [-0.39, 0.29) is 12.5 Å². The van der Waals surface area contributed by atoms with Gasteiger partial charge in [-0.1, -0.05) is 60.1 Å². The lowest BCUT2D eigenvalue weighted by Crippen LogP contribution is -2.24. The second-order valence-corrected chi connectivity index (χ2v) is 8.16. The van der Waals surface area contributed by atoms with Crippen molar-refractivity contribution in [3.63, 3.8) is 0 Å². The van der Waals surface area contributed by atoms with E-state index >= 15 is 0 Å². The number of carbonyl (C=O) groups excluding carboxylic acids is 1. The minimum absolute atomic E-state index is 0.159. The molecule has 0 saturated heterocycles. The van der Waals surface area contributed by atoms with E-state index in [0.717, 1.165) is 23.0 Å². The van der Waals surface area contributed by atoms with Gasteiger partial charge in [0.25, 0.3) is 5.91 Å². The van der Waals surface area contributed by atoms with Crippen molar-refractivity contribution in [3.05, 3.63) is 99.6 Å². The topological polar surface area (TPSA) is 55.6 Å². The molecule has 4 aromatic rings. The lowest BCUT2D eigenvalue weighted by molar-refractivity contribution is -0.123. The summed E-state index contributed by atoms with van der Waals surface area (Å²) in [5.41, 5.74) is 5.76. The fraction of sp³-hybridized carbons (Fsp3) is 0.0833. The second kappa shape index (κ2) is 9.81. The number of para-hydroxylation sites is 1. The first kappa shape index (κ1) is 21.2. The number of ether oxygens (including phenoxy) is 1. The first-order valence-corrected chi connectivity index (χ1v) is 10.8. The molecule has 0 bridgehead atoms. The van der Waals surface area contributed by atoms with Crippen LogP contribution in [0, 0.1) is 0 Å². The Hall–Kier alpha value is -3.09. The van der Waals surface area contributed by atoms with Gasteiger partial charge in [0.15, 0.2) is 6.61 Å². The molecule has 0 spiro atoms. The van der Waals surface area contributed by atoms with E-state index in [2.05, 4.69) is 49.2 Å². The number of halogens is 2. The number of fused-ring (bicyclic) bond motifs is 1. The van der Waals surface area contributed by atoms with Gasteiger partial charge in [-0.15, -0.1) is 0 Å². The molecule has 0 unspecified atom stereocenters. The monoisotopic (exact) mass is 495 g/mol. The highest BCUT2D eigenvalue weighted by molar-refractivity contribution is 9.10. The minimum Gasteiger partial charge on any atom is -0.483 e. The lowest BCUT2D eigenvalue weighted by atomic mass is 10.2.